The zero-order valence-electron chi connectivity index (χ0n) is 31.5. The average molecular weight is 729 g/mol. The van der Waals surface area contributed by atoms with E-state index < -0.39 is 18.2 Å². The third-order valence-electron chi connectivity index (χ3n) is 9.87. The molecule has 4 N–H and O–H groups in total. The van der Waals surface area contributed by atoms with Crippen LogP contribution >= 0.6 is 0 Å². The molecule has 290 valence electrons. The molecule has 4 rings (SSSR count). The van der Waals surface area contributed by atoms with Crippen LogP contribution < -0.4 is 20.7 Å². The first kappa shape index (κ1) is 41.2. The van der Waals surface area contributed by atoms with Crippen molar-refractivity contribution in [3.05, 3.63) is 40.7 Å². The first-order valence-electron chi connectivity index (χ1n) is 19.1. The number of amides is 2. The Hall–Kier alpha value is -3.59. The maximum absolute atomic E-state index is 13.1. The number of hydrogen-bond acceptors (Lipinski definition) is 10. The normalized spacial score (nSPS) is 20.0. The van der Waals surface area contributed by atoms with Gasteiger partial charge in [-0.2, -0.15) is 0 Å². The standard InChI is InChI=1S/C38H60N6O8/c1-5-6-17-49-24-30(39-4)25-50-18-19-51-36-26(2)20-29(21-27(36)3)37(46)40-16-10-13-33-31(14-15-34(52-33)38(47)48)41-35(45)23-44-22-32(42-43-44)28-11-8-7-9-12-28/h20-22,28,30-31,33-34,39H,5-19,23-25H2,1-4H3,(H,40,46)(H,41,45)(H,47,48). The fourth-order valence-electron chi connectivity index (χ4n) is 6.91. The van der Waals surface area contributed by atoms with Gasteiger partial charge in [0.15, 0.2) is 6.10 Å². The molecule has 1 aliphatic carbocycles. The number of nitrogens with zero attached hydrogens (tertiary/aromatic N) is 3. The maximum atomic E-state index is 13.1. The Bertz CT molecular complexity index is 1390. The van der Waals surface area contributed by atoms with Crippen LogP contribution in [0.15, 0.2) is 18.3 Å². The summed E-state index contributed by atoms with van der Waals surface area (Å²) >= 11 is 0. The second kappa shape index (κ2) is 21.8. The third kappa shape index (κ3) is 13.1. The van der Waals surface area contributed by atoms with E-state index in [2.05, 4.69) is 33.2 Å². The Labute approximate surface area is 308 Å². The Kier molecular flexibility index (Phi) is 17.3. The molecule has 1 saturated carbocycles. The van der Waals surface area contributed by atoms with Crippen molar-refractivity contribution >= 4 is 17.8 Å². The molecule has 4 unspecified atom stereocenters. The lowest BCUT2D eigenvalue weighted by atomic mass is 9.87. The summed E-state index contributed by atoms with van der Waals surface area (Å²) in [6.07, 6.45) is 10.2. The zero-order chi connectivity index (χ0) is 37.3. The zero-order valence-corrected chi connectivity index (χ0v) is 31.5. The predicted molar refractivity (Wildman–Crippen MR) is 196 cm³/mol. The summed E-state index contributed by atoms with van der Waals surface area (Å²) < 4.78 is 25.0. The number of unbranched alkanes of at least 4 members (excludes halogenated alkanes) is 1. The number of aryl methyl sites for hydroxylation is 2. The minimum atomic E-state index is -1.02. The summed E-state index contributed by atoms with van der Waals surface area (Å²) in [5, 5.41) is 27.3. The predicted octanol–water partition coefficient (Wildman–Crippen LogP) is 4.07. The van der Waals surface area contributed by atoms with E-state index in [1.54, 1.807) is 4.68 Å². The number of likely N-dealkylation sites (N-methyl/N-ethyl adjacent to an activating group) is 1. The van der Waals surface area contributed by atoms with Gasteiger partial charge in [0.2, 0.25) is 5.91 Å². The van der Waals surface area contributed by atoms with Gasteiger partial charge in [0.25, 0.3) is 5.91 Å². The summed E-state index contributed by atoms with van der Waals surface area (Å²) in [5.41, 5.74) is 3.18. The van der Waals surface area contributed by atoms with E-state index in [0.717, 1.165) is 54.9 Å². The number of rotatable bonds is 22. The van der Waals surface area contributed by atoms with Crippen molar-refractivity contribution in [3.8, 4) is 5.75 Å². The topological polar surface area (TPSA) is 175 Å². The molecule has 1 aliphatic heterocycles. The molecule has 4 atom stereocenters. The molecule has 1 aromatic carbocycles. The molecule has 0 spiro atoms. The van der Waals surface area contributed by atoms with Gasteiger partial charge in [0, 0.05) is 30.8 Å². The van der Waals surface area contributed by atoms with Crippen LogP contribution in [-0.4, -0.2) is 109 Å². The highest BCUT2D eigenvalue weighted by Gasteiger charge is 2.35. The van der Waals surface area contributed by atoms with Crippen molar-refractivity contribution in [2.24, 2.45) is 0 Å². The number of benzene rings is 1. The summed E-state index contributed by atoms with van der Waals surface area (Å²) in [4.78, 5) is 37.8. The average Bonchev–Trinajstić information content (AvgIpc) is 3.60. The Balaban J connectivity index is 1.20. The Morgan fingerprint density at radius 3 is 2.42 bits per heavy atom. The largest absolute Gasteiger partial charge is 0.491 e. The molecule has 2 fully saturated rings. The van der Waals surface area contributed by atoms with Gasteiger partial charge in [0.05, 0.1) is 43.7 Å². The Morgan fingerprint density at radius 1 is 1.00 bits per heavy atom. The molecule has 2 aliphatic rings. The fourth-order valence-corrected chi connectivity index (χ4v) is 6.91. The van der Waals surface area contributed by atoms with Gasteiger partial charge < -0.3 is 40.0 Å². The second-order valence-corrected chi connectivity index (χ2v) is 14.1. The van der Waals surface area contributed by atoms with E-state index >= 15 is 0 Å². The fraction of sp³-hybridized carbons (Fsp3) is 0.711. The number of hydrogen-bond donors (Lipinski definition) is 4. The molecule has 14 heteroatoms. The van der Waals surface area contributed by atoms with E-state index in [0.29, 0.717) is 70.1 Å². The molecule has 0 radical (unpaired) electrons. The van der Waals surface area contributed by atoms with Crippen LogP contribution in [0.5, 0.6) is 5.75 Å². The van der Waals surface area contributed by atoms with E-state index in [9.17, 15) is 19.5 Å². The number of carboxylic acids is 1. The van der Waals surface area contributed by atoms with Gasteiger partial charge in [0.1, 0.15) is 18.9 Å². The second-order valence-electron chi connectivity index (χ2n) is 14.1. The highest BCUT2D eigenvalue weighted by Crippen LogP contribution is 2.31. The lowest BCUT2D eigenvalue weighted by Crippen LogP contribution is -2.51. The van der Waals surface area contributed by atoms with E-state index in [-0.39, 0.29) is 30.4 Å². The molecule has 2 heterocycles. The van der Waals surface area contributed by atoms with Crippen LogP contribution in [0.3, 0.4) is 0 Å². The van der Waals surface area contributed by atoms with Crippen molar-refractivity contribution in [1.82, 2.24) is 30.9 Å². The third-order valence-corrected chi connectivity index (χ3v) is 9.87. The van der Waals surface area contributed by atoms with Gasteiger partial charge in [-0.15, -0.1) is 5.10 Å². The highest BCUT2D eigenvalue weighted by molar-refractivity contribution is 5.94. The van der Waals surface area contributed by atoms with Gasteiger partial charge >= 0.3 is 5.97 Å². The molecular weight excluding hydrogens is 668 g/mol. The van der Waals surface area contributed by atoms with Crippen LogP contribution in [0.1, 0.15) is 111 Å². The quantitative estimate of drug-likeness (QED) is 0.129. The summed E-state index contributed by atoms with van der Waals surface area (Å²) in [5.74, 6) is -0.319. The number of nitrogens with one attached hydrogen (secondary N) is 3. The molecule has 1 saturated heterocycles. The van der Waals surface area contributed by atoms with Crippen LogP contribution in [0, 0.1) is 13.8 Å². The van der Waals surface area contributed by atoms with Crippen LogP contribution in [0.25, 0.3) is 0 Å². The van der Waals surface area contributed by atoms with Crippen molar-refractivity contribution in [2.45, 2.75) is 128 Å². The van der Waals surface area contributed by atoms with Crippen molar-refractivity contribution in [1.29, 1.82) is 0 Å². The van der Waals surface area contributed by atoms with Crippen LogP contribution in [0.4, 0.5) is 0 Å². The van der Waals surface area contributed by atoms with E-state index in [4.69, 9.17) is 18.9 Å². The molecule has 14 nitrogen and oxygen atoms in total. The maximum Gasteiger partial charge on any atom is 0.332 e. The van der Waals surface area contributed by atoms with Crippen molar-refractivity contribution in [2.75, 3.05) is 46.6 Å². The van der Waals surface area contributed by atoms with E-state index in [1.165, 1.54) is 19.3 Å². The van der Waals surface area contributed by atoms with Gasteiger partial charge in [-0.25, -0.2) is 9.48 Å². The smallest absolute Gasteiger partial charge is 0.332 e. The van der Waals surface area contributed by atoms with Crippen molar-refractivity contribution < 1.29 is 38.4 Å². The molecule has 2 amide bonds. The summed E-state index contributed by atoms with van der Waals surface area (Å²) in [7, 11) is 1.89. The van der Waals surface area contributed by atoms with Crippen molar-refractivity contribution in [3.63, 3.8) is 0 Å². The number of carbonyl (C=O) groups is 3. The molecular formula is C38H60N6O8. The van der Waals surface area contributed by atoms with Gasteiger partial charge in [-0.1, -0.05) is 37.8 Å². The minimum Gasteiger partial charge on any atom is -0.491 e. The number of ether oxygens (including phenoxy) is 4. The monoisotopic (exact) mass is 728 g/mol. The van der Waals surface area contributed by atoms with Gasteiger partial charge in [-0.05, 0) is 89.1 Å². The highest BCUT2D eigenvalue weighted by atomic mass is 16.5. The lowest BCUT2D eigenvalue weighted by molar-refractivity contribution is -0.162. The first-order chi connectivity index (χ1) is 25.2. The lowest BCUT2D eigenvalue weighted by Gasteiger charge is -2.35. The first-order valence-corrected chi connectivity index (χ1v) is 19.1. The van der Waals surface area contributed by atoms with Crippen LogP contribution in [-0.2, 0) is 30.3 Å². The number of aliphatic carboxylic acids is 1. The molecule has 52 heavy (non-hydrogen) atoms. The molecule has 1 aromatic heterocycles. The number of carboxylic acid groups (broad SMARTS) is 1. The van der Waals surface area contributed by atoms with E-state index in [1.807, 2.05) is 39.2 Å². The van der Waals surface area contributed by atoms with Crippen LogP contribution in [0.2, 0.25) is 0 Å². The number of carbonyl (C=O) groups excluding carboxylic acids is 2. The van der Waals surface area contributed by atoms with Gasteiger partial charge in [-0.3, -0.25) is 9.59 Å². The Morgan fingerprint density at radius 2 is 1.73 bits per heavy atom. The SMILES string of the molecule is CCCCOCC(COCCOc1c(C)cc(C(=O)NCCCC2OC(C(=O)O)CCC2NC(=O)Cn2cc(C3CCCCC3)nn2)cc1C)NC. The number of aromatic nitrogens is 3. The molecule has 2 aromatic rings. The molecule has 0 bridgehead atoms. The summed E-state index contributed by atoms with van der Waals surface area (Å²) in [6.45, 7) is 9.06. The minimum absolute atomic E-state index is 0.0317. The summed E-state index contributed by atoms with van der Waals surface area (Å²) in [6, 6.07) is 3.39.